The topological polar surface area (TPSA) is 28.4 Å². The molecule has 1 aromatic rings. The summed E-state index contributed by atoms with van der Waals surface area (Å²) >= 11 is 0. The number of likely N-dealkylation sites (N-methyl/N-ethyl adjacent to an activating group) is 1. The van der Waals surface area contributed by atoms with Crippen molar-refractivity contribution in [2.24, 2.45) is 0 Å². The maximum atomic E-state index is 5.57. The molecule has 0 aliphatic heterocycles. The monoisotopic (exact) mass is 252 g/mol. The van der Waals surface area contributed by atoms with Gasteiger partial charge in [0.15, 0.2) is 0 Å². The maximum absolute atomic E-state index is 5.57. The molecule has 1 N–H and O–H groups in total. The van der Waals surface area contributed by atoms with Gasteiger partial charge in [-0.1, -0.05) is 13.8 Å². The zero-order valence-corrected chi connectivity index (χ0v) is 12.5. The summed E-state index contributed by atoms with van der Waals surface area (Å²) in [5, 5.41) is 3.57. The second-order valence-corrected chi connectivity index (χ2v) is 4.98. The highest BCUT2D eigenvalue weighted by molar-refractivity contribution is 5.23. The first-order valence-corrected chi connectivity index (χ1v) is 7.11. The lowest BCUT2D eigenvalue weighted by Gasteiger charge is -2.21. The predicted octanol–water partition coefficient (Wildman–Crippen LogP) is 3.28. The summed E-state index contributed by atoms with van der Waals surface area (Å²) < 4.78 is 5.57. The lowest BCUT2D eigenvalue weighted by Crippen LogP contribution is -2.33. The van der Waals surface area contributed by atoms with Crippen LogP contribution in [0.3, 0.4) is 0 Å². The molecule has 0 spiro atoms. The van der Waals surface area contributed by atoms with E-state index in [2.05, 4.69) is 37.1 Å². The first-order chi connectivity index (χ1) is 8.58. The SMILES string of the molecule is CCCN(CC)CCNC(C)c1cc(C)oc1C. The highest BCUT2D eigenvalue weighted by Gasteiger charge is 2.12. The fraction of sp³-hybridized carbons (Fsp3) is 0.733. The van der Waals surface area contributed by atoms with E-state index >= 15 is 0 Å². The first kappa shape index (κ1) is 15.3. The van der Waals surface area contributed by atoms with Crippen LogP contribution in [-0.2, 0) is 0 Å². The van der Waals surface area contributed by atoms with Crippen LogP contribution in [0.25, 0.3) is 0 Å². The molecule has 1 unspecified atom stereocenters. The van der Waals surface area contributed by atoms with Crippen LogP contribution < -0.4 is 5.32 Å². The molecule has 0 fully saturated rings. The van der Waals surface area contributed by atoms with Gasteiger partial charge in [0.1, 0.15) is 11.5 Å². The zero-order valence-electron chi connectivity index (χ0n) is 12.5. The Bertz CT molecular complexity index is 346. The maximum Gasteiger partial charge on any atom is 0.105 e. The van der Waals surface area contributed by atoms with Crippen LogP contribution in [0.2, 0.25) is 0 Å². The molecule has 1 heterocycles. The van der Waals surface area contributed by atoms with Crippen molar-refractivity contribution in [1.29, 1.82) is 0 Å². The van der Waals surface area contributed by atoms with Crippen molar-refractivity contribution in [3.8, 4) is 0 Å². The highest BCUT2D eigenvalue weighted by Crippen LogP contribution is 2.20. The molecule has 18 heavy (non-hydrogen) atoms. The van der Waals surface area contributed by atoms with Crippen molar-refractivity contribution in [1.82, 2.24) is 10.2 Å². The summed E-state index contributed by atoms with van der Waals surface area (Å²) in [6.45, 7) is 15.2. The molecule has 3 heteroatoms. The summed E-state index contributed by atoms with van der Waals surface area (Å²) in [6, 6.07) is 2.50. The Kier molecular flexibility index (Phi) is 6.44. The van der Waals surface area contributed by atoms with Crippen molar-refractivity contribution in [3.63, 3.8) is 0 Å². The Morgan fingerprint density at radius 2 is 2.00 bits per heavy atom. The van der Waals surface area contributed by atoms with E-state index in [1.807, 2.05) is 13.8 Å². The van der Waals surface area contributed by atoms with Gasteiger partial charge in [0.25, 0.3) is 0 Å². The molecule has 3 nitrogen and oxygen atoms in total. The van der Waals surface area contributed by atoms with E-state index in [-0.39, 0.29) is 0 Å². The normalized spacial score (nSPS) is 13.2. The van der Waals surface area contributed by atoms with Crippen LogP contribution in [0.15, 0.2) is 10.5 Å². The summed E-state index contributed by atoms with van der Waals surface area (Å²) in [5.41, 5.74) is 1.28. The Balaban J connectivity index is 2.37. The molecule has 0 aliphatic carbocycles. The van der Waals surface area contributed by atoms with Gasteiger partial charge in [0, 0.05) is 24.7 Å². The largest absolute Gasteiger partial charge is 0.466 e. The van der Waals surface area contributed by atoms with Crippen LogP contribution in [0, 0.1) is 13.8 Å². The van der Waals surface area contributed by atoms with Gasteiger partial charge >= 0.3 is 0 Å². The van der Waals surface area contributed by atoms with Gasteiger partial charge < -0.3 is 14.6 Å². The van der Waals surface area contributed by atoms with Gasteiger partial charge in [-0.2, -0.15) is 0 Å². The number of hydrogen-bond acceptors (Lipinski definition) is 3. The Hall–Kier alpha value is -0.800. The van der Waals surface area contributed by atoms with Crippen molar-refractivity contribution in [2.45, 2.75) is 47.1 Å². The van der Waals surface area contributed by atoms with E-state index in [4.69, 9.17) is 4.42 Å². The molecular weight excluding hydrogens is 224 g/mol. The third-order valence-electron chi connectivity index (χ3n) is 3.41. The third kappa shape index (κ3) is 4.46. The van der Waals surface area contributed by atoms with E-state index in [9.17, 15) is 0 Å². The van der Waals surface area contributed by atoms with E-state index in [0.29, 0.717) is 6.04 Å². The predicted molar refractivity (Wildman–Crippen MR) is 77.0 cm³/mol. The summed E-state index contributed by atoms with van der Waals surface area (Å²) in [6.07, 6.45) is 1.23. The Labute approximate surface area is 112 Å². The number of furan rings is 1. The number of nitrogens with one attached hydrogen (secondary N) is 1. The molecule has 0 saturated carbocycles. The molecule has 0 bridgehead atoms. The summed E-state index contributed by atoms with van der Waals surface area (Å²) in [7, 11) is 0. The summed E-state index contributed by atoms with van der Waals surface area (Å²) in [4.78, 5) is 2.48. The average molecular weight is 252 g/mol. The van der Waals surface area contributed by atoms with Gasteiger partial charge in [-0.05, 0) is 46.3 Å². The first-order valence-electron chi connectivity index (χ1n) is 7.11. The standard InChI is InChI=1S/C15H28N2O/c1-6-9-17(7-2)10-8-16-13(4)15-11-12(3)18-14(15)5/h11,13,16H,6-10H2,1-5H3. The number of aryl methyl sites for hydroxylation is 2. The second-order valence-electron chi connectivity index (χ2n) is 4.98. The minimum absolute atomic E-state index is 0.364. The van der Waals surface area contributed by atoms with Gasteiger partial charge in [-0.25, -0.2) is 0 Å². The average Bonchev–Trinajstić information content (AvgIpc) is 2.67. The lowest BCUT2D eigenvalue weighted by atomic mass is 10.1. The van der Waals surface area contributed by atoms with Crippen molar-refractivity contribution < 1.29 is 4.42 Å². The summed E-state index contributed by atoms with van der Waals surface area (Å²) in [5.74, 6) is 2.03. The quantitative estimate of drug-likeness (QED) is 0.769. The molecule has 0 amide bonds. The smallest absolute Gasteiger partial charge is 0.105 e. The molecule has 0 aliphatic rings. The minimum atomic E-state index is 0.364. The number of rotatable bonds is 8. The van der Waals surface area contributed by atoms with E-state index in [1.165, 1.54) is 18.5 Å². The van der Waals surface area contributed by atoms with Gasteiger partial charge in [-0.15, -0.1) is 0 Å². The zero-order chi connectivity index (χ0) is 13.5. The van der Waals surface area contributed by atoms with Crippen LogP contribution in [0.1, 0.15) is 50.3 Å². The fourth-order valence-electron chi connectivity index (χ4n) is 2.37. The van der Waals surface area contributed by atoms with E-state index in [1.54, 1.807) is 0 Å². The van der Waals surface area contributed by atoms with Gasteiger partial charge in [-0.3, -0.25) is 0 Å². The van der Waals surface area contributed by atoms with Crippen molar-refractivity contribution in [3.05, 3.63) is 23.2 Å². The molecule has 0 saturated heterocycles. The Morgan fingerprint density at radius 1 is 1.28 bits per heavy atom. The van der Waals surface area contributed by atoms with Crippen LogP contribution in [0.5, 0.6) is 0 Å². The molecule has 1 rings (SSSR count). The van der Waals surface area contributed by atoms with Gasteiger partial charge in [0.05, 0.1) is 0 Å². The fourth-order valence-corrected chi connectivity index (χ4v) is 2.37. The molecular formula is C15H28N2O. The van der Waals surface area contributed by atoms with Crippen LogP contribution in [0.4, 0.5) is 0 Å². The van der Waals surface area contributed by atoms with Crippen molar-refractivity contribution in [2.75, 3.05) is 26.2 Å². The lowest BCUT2D eigenvalue weighted by molar-refractivity contribution is 0.283. The molecule has 104 valence electrons. The third-order valence-corrected chi connectivity index (χ3v) is 3.41. The van der Waals surface area contributed by atoms with Crippen LogP contribution in [-0.4, -0.2) is 31.1 Å². The van der Waals surface area contributed by atoms with E-state index < -0.39 is 0 Å². The minimum Gasteiger partial charge on any atom is -0.466 e. The molecule has 0 aromatic carbocycles. The van der Waals surface area contributed by atoms with Crippen LogP contribution >= 0.6 is 0 Å². The van der Waals surface area contributed by atoms with E-state index in [0.717, 1.165) is 31.2 Å². The second kappa shape index (κ2) is 7.59. The number of nitrogens with zero attached hydrogens (tertiary/aromatic N) is 1. The Morgan fingerprint density at radius 3 is 2.50 bits per heavy atom. The highest BCUT2D eigenvalue weighted by atomic mass is 16.3. The number of hydrogen-bond donors (Lipinski definition) is 1. The molecule has 1 atom stereocenters. The van der Waals surface area contributed by atoms with Gasteiger partial charge in [0.2, 0.25) is 0 Å². The van der Waals surface area contributed by atoms with Crippen molar-refractivity contribution >= 4 is 0 Å². The molecule has 0 radical (unpaired) electrons. The molecule has 1 aromatic heterocycles.